The minimum Gasteiger partial charge on any atom is -0.477 e. The van der Waals surface area contributed by atoms with E-state index in [1.807, 2.05) is 12.1 Å². The lowest BCUT2D eigenvalue weighted by molar-refractivity contribution is 0.0685. The van der Waals surface area contributed by atoms with E-state index in [0.29, 0.717) is 12.2 Å². The molecule has 0 saturated heterocycles. The van der Waals surface area contributed by atoms with Crippen molar-refractivity contribution in [2.45, 2.75) is 6.54 Å². The summed E-state index contributed by atoms with van der Waals surface area (Å²) in [6.07, 6.45) is 5.14. The van der Waals surface area contributed by atoms with Crippen molar-refractivity contribution < 1.29 is 9.90 Å². The van der Waals surface area contributed by atoms with Crippen LogP contribution in [0.5, 0.6) is 0 Å². The average Bonchev–Trinajstić information content (AvgIpc) is 2.67. The first-order valence-corrected chi connectivity index (χ1v) is 4.55. The van der Waals surface area contributed by atoms with Gasteiger partial charge in [0.05, 0.1) is 0 Å². The van der Waals surface area contributed by atoms with Crippen molar-refractivity contribution in [1.82, 2.24) is 9.55 Å². The number of aromatic nitrogens is 2. The summed E-state index contributed by atoms with van der Waals surface area (Å²) in [6.45, 7) is 0.553. The molecule has 2 aromatic heterocycles. The molecule has 5 heteroatoms. The smallest absolute Gasteiger partial charge is 0.352 e. The molecule has 4 nitrogen and oxygen atoms in total. The zero-order chi connectivity index (χ0) is 10.7. The normalized spacial score (nSPS) is 9.50. The van der Waals surface area contributed by atoms with Gasteiger partial charge in [0.1, 0.15) is 5.69 Å². The highest BCUT2D eigenvalue weighted by Gasteiger charge is 2.08. The summed E-state index contributed by atoms with van der Waals surface area (Å²) in [5, 5.41) is 8.90. The molecule has 2 aromatic rings. The fourth-order valence-electron chi connectivity index (χ4n) is 1.43. The molecule has 0 aliphatic heterocycles. The molecule has 84 valence electrons. The predicted octanol–water partition coefficient (Wildman–Crippen LogP) is 2.05. The Bertz CT molecular complexity index is 468. The highest BCUT2D eigenvalue weighted by Crippen LogP contribution is 2.06. The van der Waals surface area contributed by atoms with Gasteiger partial charge < -0.3 is 9.67 Å². The number of carbonyl (C=O) groups is 1. The van der Waals surface area contributed by atoms with Crippen LogP contribution in [-0.2, 0) is 6.54 Å². The molecule has 0 aliphatic rings. The SMILES string of the molecule is Cl.O=C(O)c1cccn1Cc1ccncc1. The van der Waals surface area contributed by atoms with E-state index in [2.05, 4.69) is 4.98 Å². The maximum atomic E-state index is 10.8. The number of rotatable bonds is 3. The number of hydrogen-bond acceptors (Lipinski definition) is 2. The van der Waals surface area contributed by atoms with E-state index in [1.165, 1.54) is 0 Å². The van der Waals surface area contributed by atoms with Gasteiger partial charge in [0, 0.05) is 25.1 Å². The van der Waals surface area contributed by atoms with Gasteiger partial charge in [0.25, 0.3) is 0 Å². The Labute approximate surface area is 99.0 Å². The van der Waals surface area contributed by atoms with Crippen molar-refractivity contribution >= 4 is 18.4 Å². The fourth-order valence-corrected chi connectivity index (χ4v) is 1.43. The van der Waals surface area contributed by atoms with Gasteiger partial charge in [0.15, 0.2) is 0 Å². The zero-order valence-electron chi connectivity index (χ0n) is 8.41. The largest absolute Gasteiger partial charge is 0.477 e. The van der Waals surface area contributed by atoms with Gasteiger partial charge in [-0.1, -0.05) is 0 Å². The van der Waals surface area contributed by atoms with Crippen molar-refractivity contribution in [2.75, 3.05) is 0 Å². The van der Waals surface area contributed by atoms with E-state index in [4.69, 9.17) is 5.11 Å². The van der Waals surface area contributed by atoms with Crippen LogP contribution in [0.25, 0.3) is 0 Å². The summed E-state index contributed by atoms with van der Waals surface area (Å²) < 4.78 is 1.69. The van der Waals surface area contributed by atoms with Crippen LogP contribution < -0.4 is 0 Å². The fraction of sp³-hybridized carbons (Fsp3) is 0.0909. The van der Waals surface area contributed by atoms with Crippen molar-refractivity contribution in [3.05, 3.63) is 54.1 Å². The van der Waals surface area contributed by atoms with Crippen LogP contribution in [0.1, 0.15) is 16.1 Å². The Morgan fingerprint density at radius 2 is 2.00 bits per heavy atom. The van der Waals surface area contributed by atoms with Crippen molar-refractivity contribution in [3.8, 4) is 0 Å². The molecule has 0 aromatic carbocycles. The van der Waals surface area contributed by atoms with E-state index in [9.17, 15) is 4.79 Å². The van der Waals surface area contributed by atoms with Gasteiger partial charge in [-0.05, 0) is 29.8 Å². The molecular weight excluding hydrogens is 228 g/mol. The van der Waals surface area contributed by atoms with Gasteiger partial charge in [-0.2, -0.15) is 0 Å². The maximum Gasteiger partial charge on any atom is 0.352 e. The molecule has 1 N–H and O–H groups in total. The second-order valence-electron chi connectivity index (χ2n) is 3.18. The number of carboxylic acid groups (broad SMARTS) is 1. The van der Waals surface area contributed by atoms with Crippen LogP contribution in [0.3, 0.4) is 0 Å². The van der Waals surface area contributed by atoms with Crippen LogP contribution in [0.15, 0.2) is 42.9 Å². The molecule has 2 rings (SSSR count). The molecule has 0 aliphatic carbocycles. The first kappa shape index (κ1) is 12.3. The number of carboxylic acids is 1. The van der Waals surface area contributed by atoms with Crippen LogP contribution in [0.2, 0.25) is 0 Å². The highest BCUT2D eigenvalue weighted by atomic mass is 35.5. The first-order chi connectivity index (χ1) is 7.27. The second-order valence-corrected chi connectivity index (χ2v) is 3.18. The van der Waals surface area contributed by atoms with Crippen molar-refractivity contribution in [1.29, 1.82) is 0 Å². The standard InChI is InChI=1S/C11H10N2O2.ClH/c14-11(15)10-2-1-7-13(10)8-9-3-5-12-6-4-9;/h1-7H,8H2,(H,14,15);1H. The third-order valence-corrected chi connectivity index (χ3v) is 2.15. The summed E-state index contributed by atoms with van der Waals surface area (Å²) in [5.74, 6) is -0.908. The molecule has 0 atom stereocenters. The Morgan fingerprint density at radius 1 is 1.31 bits per heavy atom. The molecule has 2 heterocycles. The monoisotopic (exact) mass is 238 g/mol. The third-order valence-electron chi connectivity index (χ3n) is 2.15. The van der Waals surface area contributed by atoms with Crippen LogP contribution in [-0.4, -0.2) is 20.6 Å². The molecule has 0 radical (unpaired) electrons. The van der Waals surface area contributed by atoms with E-state index in [-0.39, 0.29) is 12.4 Å². The topological polar surface area (TPSA) is 55.1 Å². The number of halogens is 1. The second kappa shape index (κ2) is 5.32. The summed E-state index contributed by atoms with van der Waals surface area (Å²) in [6, 6.07) is 7.05. The van der Waals surface area contributed by atoms with Gasteiger partial charge in [-0.15, -0.1) is 12.4 Å². The molecule has 0 fully saturated rings. The molecular formula is C11H11ClN2O2. The van der Waals surface area contributed by atoms with Gasteiger partial charge in [0.2, 0.25) is 0 Å². The van der Waals surface area contributed by atoms with Crippen LogP contribution in [0, 0.1) is 0 Å². The first-order valence-electron chi connectivity index (χ1n) is 4.55. The lowest BCUT2D eigenvalue weighted by Gasteiger charge is -2.05. The van der Waals surface area contributed by atoms with Crippen molar-refractivity contribution in [3.63, 3.8) is 0 Å². The molecule has 0 amide bonds. The highest BCUT2D eigenvalue weighted by molar-refractivity contribution is 5.86. The Hall–Kier alpha value is -1.81. The molecule has 0 bridgehead atoms. The number of hydrogen-bond donors (Lipinski definition) is 1. The molecule has 0 saturated carbocycles. The maximum absolute atomic E-state index is 10.8. The molecule has 0 spiro atoms. The van der Waals surface area contributed by atoms with E-state index in [1.54, 1.807) is 35.3 Å². The van der Waals surface area contributed by atoms with Gasteiger partial charge in [-0.3, -0.25) is 4.98 Å². The molecule has 0 unspecified atom stereocenters. The molecule has 16 heavy (non-hydrogen) atoms. The summed E-state index contributed by atoms with van der Waals surface area (Å²) >= 11 is 0. The summed E-state index contributed by atoms with van der Waals surface area (Å²) in [5.41, 5.74) is 1.33. The van der Waals surface area contributed by atoms with Gasteiger partial charge in [-0.25, -0.2) is 4.79 Å². The van der Waals surface area contributed by atoms with Crippen LogP contribution >= 0.6 is 12.4 Å². The number of aromatic carboxylic acids is 1. The minimum atomic E-state index is -0.908. The number of nitrogens with zero attached hydrogens (tertiary/aromatic N) is 2. The number of pyridine rings is 1. The quantitative estimate of drug-likeness (QED) is 0.891. The van der Waals surface area contributed by atoms with Gasteiger partial charge >= 0.3 is 5.97 Å². The Morgan fingerprint density at radius 3 is 2.62 bits per heavy atom. The average molecular weight is 239 g/mol. The third kappa shape index (κ3) is 2.61. The lowest BCUT2D eigenvalue weighted by Crippen LogP contribution is -2.08. The zero-order valence-corrected chi connectivity index (χ0v) is 9.22. The minimum absolute atomic E-state index is 0. The summed E-state index contributed by atoms with van der Waals surface area (Å²) in [4.78, 5) is 14.7. The van der Waals surface area contributed by atoms with E-state index < -0.39 is 5.97 Å². The van der Waals surface area contributed by atoms with Crippen molar-refractivity contribution in [2.24, 2.45) is 0 Å². The Balaban J connectivity index is 0.00000128. The van der Waals surface area contributed by atoms with E-state index in [0.717, 1.165) is 5.56 Å². The predicted molar refractivity (Wildman–Crippen MR) is 62.0 cm³/mol. The lowest BCUT2D eigenvalue weighted by atomic mass is 10.2. The Kier molecular flexibility index (Phi) is 4.08. The summed E-state index contributed by atoms with van der Waals surface area (Å²) in [7, 11) is 0. The van der Waals surface area contributed by atoms with E-state index >= 15 is 0 Å². The van der Waals surface area contributed by atoms with Crippen LogP contribution in [0.4, 0.5) is 0 Å².